The second kappa shape index (κ2) is 9.92. The number of benzene rings is 4. The smallest absolute Gasteiger partial charge is 0.158 e. The molecular weight excluding hydrogens is 468 g/mol. The summed E-state index contributed by atoms with van der Waals surface area (Å²) in [5.41, 5.74) is 7.93. The van der Waals surface area contributed by atoms with Gasteiger partial charge in [-0.3, -0.25) is 0 Å². The second-order valence-corrected chi connectivity index (χ2v) is 9.09. The van der Waals surface area contributed by atoms with Crippen LogP contribution in [0.15, 0.2) is 97.0 Å². The molecule has 0 radical (unpaired) electrons. The lowest BCUT2D eigenvalue weighted by atomic mass is 9.80. The highest BCUT2D eigenvalue weighted by molar-refractivity contribution is 5.97. The molecule has 2 aliphatic rings. The van der Waals surface area contributed by atoms with Gasteiger partial charge in [0.2, 0.25) is 0 Å². The summed E-state index contributed by atoms with van der Waals surface area (Å²) in [5.74, 6) is -0.239. The van der Waals surface area contributed by atoms with Crippen LogP contribution in [-0.2, 0) is 6.42 Å². The standard InChI is InChI=1S/C18H16.C13H10N2O2.ClH/c1-3-7-15-13(5-1)9-11-18-16-8-4-2-6-14(16)10-12-17(15)18;16-12-4-8-2-1-3-9(10(8)5-13(12)17)11-6-14-7-15-11;/h1,3-5,7-9,11H,2,6,10,12H2;1-7,16-17H,(H,14,15);1H. The van der Waals surface area contributed by atoms with E-state index in [0.717, 1.165) is 22.0 Å². The summed E-state index contributed by atoms with van der Waals surface area (Å²) in [6, 6.07) is 22.2. The van der Waals surface area contributed by atoms with E-state index in [1.165, 1.54) is 47.6 Å². The molecule has 0 atom stereocenters. The van der Waals surface area contributed by atoms with E-state index in [-0.39, 0.29) is 23.9 Å². The Labute approximate surface area is 216 Å². The number of nitrogens with one attached hydrogen (secondary N) is 1. The molecule has 2 aliphatic carbocycles. The van der Waals surface area contributed by atoms with Crippen LogP contribution in [0.25, 0.3) is 38.4 Å². The summed E-state index contributed by atoms with van der Waals surface area (Å²) < 4.78 is 0. The SMILES string of the molecule is C1=CC2=C(CC1)CCc1c2ccc2ccccc12.Cl.Oc1cc2cccc(-c3c[nH]cn3)c2cc1O. The number of aromatic hydroxyl groups is 2. The molecule has 0 amide bonds. The van der Waals surface area contributed by atoms with Crippen LogP contribution < -0.4 is 0 Å². The predicted molar refractivity (Wildman–Crippen MR) is 150 cm³/mol. The first-order valence-electron chi connectivity index (χ1n) is 12.0. The fourth-order valence-electron chi connectivity index (χ4n) is 5.32. The number of aromatic amines is 1. The zero-order chi connectivity index (χ0) is 23.8. The van der Waals surface area contributed by atoms with Gasteiger partial charge in [0.15, 0.2) is 11.5 Å². The number of phenolic OH excluding ortho intramolecular Hbond substituents is 2. The van der Waals surface area contributed by atoms with Crippen LogP contribution in [0.3, 0.4) is 0 Å². The van der Waals surface area contributed by atoms with Gasteiger partial charge in [0, 0.05) is 11.8 Å². The van der Waals surface area contributed by atoms with Crippen LogP contribution in [0.4, 0.5) is 0 Å². The molecule has 4 aromatic carbocycles. The molecular formula is C31H27ClN2O2. The zero-order valence-electron chi connectivity index (χ0n) is 19.7. The Morgan fingerprint density at radius 2 is 1.58 bits per heavy atom. The third kappa shape index (κ3) is 4.25. The van der Waals surface area contributed by atoms with Gasteiger partial charge in [-0.25, -0.2) is 4.98 Å². The minimum atomic E-state index is -0.125. The molecule has 7 rings (SSSR count). The summed E-state index contributed by atoms with van der Waals surface area (Å²) in [6.45, 7) is 0. The van der Waals surface area contributed by atoms with E-state index >= 15 is 0 Å². The summed E-state index contributed by atoms with van der Waals surface area (Å²) in [6.07, 6.45) is 13.0. The maximum absolute atomic E-state index is 9.56. The Kier molecular flexibility index (Phi) is 6.53. The van der Waals surface area contributed by atoms with Gasteiger partial charge >= 0.3 is 0 Å². The number of aromatic nitrogens is 2. The molecule has 0 saturated heterocycles. The van der Waals surface area contributed by atoms with Crippen molar-refractivity contribution in [3.05, 3.63) is 108 Å². The van der Waals surface area contributed by atoms with Crippen molar-refractivity contribution >= 4 is 39.5 Å². The lowest BCUT2D eigenvalue weighted by Crippen LogP contribution is -2.06. The number of aryl methyl sites for hydroxylation is 1. The van der Waals surface area contributed by atoms with E-state index in [9.17, 15) is 10.2 Å². The van der Waals surface area contributed by atoms with Crippen molar-refractivity contribution in [2.24, 2.45) is 0 Å². The molecule has 0 unspecified atom stereocenters. The molecule has 1 heterocycles. The molecule has 0 saturated carbocycles. The molecule has 3 N–H and O–H groups in total. The first kappa shape index (κ1) is 23.7. The Morgan fingerprint density at radius 3 is 2.44 bits per heavy atom. The molecule has 5 heteroatoms. The fourth-order valence-corrected chi connectivity index (χ4v) is 5.32. The quantitative estimate of drug-likeness (QED) is 0.207. The van der Waals surface area contributed by atoms with Crippen molar-refractivity contribution in [1.29, 1.82) is 0 Å². The highest BCUT2D eigenvalue weighted by atomic mass is 35.5. The Bertz CT molecular complexity index is 1620. The number of fused-ring (bicyclic) bond motifs is 5. The van der Waals surface area contributed by atoms with Crippen LogP contribution >= 0.6 is 12.4 Å². The van der Waals surface area contributed by atoms with Gasteiger partial charge in [-0.15, -0.1) is 12.4 Å². The first-order valence-corrected chi connectivity index (χ1v) is 12.0. The van der Waals surface area contributed by atoms with Crippen LogP contribution in [0.2, 0.25) is 0 Å². The topological polar surface area (TPSA) is 69.1 Å². The molecule has 0 bridgehead atoms. The van der Waals surface area contributed by atoms with E-state index < -0.39 is 0 Å². The summed E-state index contributed by atoms with van der Waals surface area (Å²) in [4.78, 5) is 7.08. The predicted octanol–water partition coefficient (Wildman–Crippen LogP) is 7.95. The van der Waals surface area contributed by atoms with Gasteiger partial charge in [0.1, 0.15) is 0 Å². The molecule has 36 heavy (non-hydrogen) atoms. The minimum Gasteiger partial charge on any atom is -0.504 e. The number of halogens is 1. The average Bonchev–Trinajstić information content (AvgIpc) is 3.44. The average molecular weight is 495 g/mol. The van der Waals surface area contributed by atoms with Gasteiger partial charge in [0.25, 0.3) is 0 Å². The largest absolute Gasteiger partial charge is 0.504 e. The van der Waals surface area contributed by atoms with Crippen LogP contribution in [0.1, 0.15) is 30.4 Å². The minimum absolute atomic E-state index is 0. The van der Waals surface area contributed by atoms with Crippen LogP contribution in [-0.4, -0.2) is 20.2 Å². The van der Waals surface area contributed by atoms with Crippen molar-refractivity contribution < 1.29 is 10.2 Å². The van der Waals surface area contributed by atoms with Crippen molar-refractivity contribution in [1.82, 2.24) is 9.97 Å². The molecule has 5 aromatic rings. The van der Waals surface area contributed by atoms with Crippen molar-refractivity contribution in [2.75, 3.05) is 0 Å². The normalized spacial score (nSPS) is 14.0. The molecule has 0 aliphatic heterocycles. The lowest BCUT2D eigenvalue weighted by Gasteiger charge is -2.25. The summed E-state index contributed by atoms with van der Waals surface area (Å²) >= 11 is 0. The number of hydrogen-bond donors (Lipinski definition) is 3. The van der Waals surface area contributed by atoms with Gasteiger partial charge in [-0.2, -0.15) is 0 Å². The molecule has 4 nitrogen and oxygen atoms in total. The van der Waals surface area contributed by atoms with Crippen molar-refractivity contribution in [2.45, 2.75) is 25.7 Å². The Hall–Kier alpha value is -4.02. The number of H-pyrrole nitrogens is 1. The number of imidazole rings is 1. The number of phenols is 2. The van der Waals surface area contributed by atoms with Gasteiger partial charge in [-0.1, -0.05) is 72.3 Å². The number of nitrogens with zero attached hydrogens (tertiary/aromatic N) is 1. The van der Waals surface area contributed by atoms with Gasteiger partial charge < -0.3 is 15.2 Å². The molecule has 1 aromatic heterocycles. The number of rotatable bonds is 1. The zero-order valence-corrected chi connectivity index (χ0v) is 20.6. The second-order valence-electron chi connectivity index (χ2n) is 9.09. The van der Waals surface area contributed by atoms with E-state index in [1.54, 1.807) is 35.8 Å². The lowest BCUT2D eigenvalue weighted by molar-refractivity contribution is 0.405. The molecule has 0 spiro atoms. The van der Waals surface area contributed by atoms with Crippen LogP contribution in [0, 0.1) is 0 Å². The highest BCUT2D eigenvalue weighted by Gasteiger charge is 2.20. The highest BCUT2D eigenvalue weighted by Crippen LogP contribution is 2.39. The summed E-state index contributed by atoms with van der Waals surface area (Å²) in [5, 5.41) is 23.6. The molecule has 180 valence electrons. The molecule has 0 fully saturated rings. The number of allylic oxidation sites excluding steroid dienone is 4. The van der Waals surface area contributed by atoms with E-state index in [4.69, 9.17) is 0 Å². The fraction of sp³-hybridized carbons (Fsp3) is 0.129. The van der Waals surface area contributed by atoms with Crippen LogP contribution in [0.5, 0.6) is 11.5 Å². The van der Waals surface area contributed by atoms with Gasteiger partial charge in [-0.05, 0) is 76.1 Å². The first-order chi connectivity index (χ1) is 17.2. The summed E-state index contributed by atoms with van der Waals surface area (Å²) in [7, 11) is 0. The van der Waals surface area contributed by atoms with E-state index in [1.807, 2.05) is 18.2 Å². The Balaban J connectivity index is 0.000000144. The third-order valence-electron chi connectivity index (χ3n) is 7.04. The van der Waals surface area contributed by atoms with E-state index in [0.29, 0.717) is 0 Å². The number of hydrogen-bond acceptors (Lipinski definition) is 3. The van der Waals surface area contributed by atoms with Crippen molar-refractivity contribution in [3.63, 3.8) is 0 Å². The monoisotopic (exact) mass is 494 g/mol. The van der Waals surface area contributed by atoms with E-state index in [2.05, 4.69) is 58.5 Å². The Morgan fingerprint density at radius 1 is 0.750 bits per heavy atom. The van der Waals surface area contributed by atoms with Gasteiger partial charge in [0.05, 0.1) is 12.0 Å². The van der Waals surface area contributed by atoms with Crippen molar-refractivity contribution in [3.8, 4) is 22.8 Å². The maximum atomic E-state index is 9.56. The third-order valence-corrected chi connectivity index (χ3v) is 7.04. The maximum Gasteiger partial charge on any atom is 0.158 e.